The van der Waals surface area contributed by atoms with Crippen molar-refractivity contribution < 1.29 is 14.3 Å². The van der Waals surface area contributed by atoms with Crippen molar-refractivity contribution >= 4 is 52.1 Å². The summed E-state index contributed by atoms with van der Waals surface area (Å²) < 4.78 is 5.45. The molecule has 4 nitrogen and oxygen atoms in total. The van der Waals surface area contributed by atoms with Crippen molar-refractivity contribution in [2.24, 2.45) is 0 Å². The molecule has 26 heavy (non-hydrogen) atoms. The highest BCUT2D eigenvalue weighted by Crippen LogP contribution is 2.30. The average Bonchev–Trinajstić information content (AvgIpc) is 3.02. The third kappa shape index (κ3) is 4.58. The Labute approximate surface area is 166 Å². The number of esters is 1. The number of carbonyl (C=O) groups excluding carboxylic acids is 2. The Hall–Kier alpha value is -1.56. The minimum Gasteiger partial charge on any atom is -0.448 e. The number of thiophene rings is 1. The van der Waals surface area contributed by atoms with Crippen molar-refractivity contribution in [3.05, 3.63) is 49.6 Å². The number of hydrogen-bond acceptors (Lipinski definition) is 4. The first-order valence-corrected chi connectivity index (χ1v) is 10.1. The van der Waals surface area contributed by atoms with Gasteiger partial charge in [-0.1, -0.05) is 30.1 Å². The van der Waals surface area contributed by atoms with Crippen molar-refractivity contribution in [2.45, 2.75) is 45.1 Å². The van der Waals surface area contributed by atoms with E-state index in [2.05, 4.69) is 5.32 Å². The van der Waals surface area contributed by atoms with Crippen LogP contribution in [-0.4, -0.2) is 18.0 Å². The van der Waals surface area contributed by atoms with Crippen molar-refractivity contribution in [1.82, 2.24) is 0 Å². The number of benzene rings is 1. The van der Waals surface area contributed by atoms with Crippen LogP contribution in [0.1, 0.15) is 46.3 Å². The van der Waals surface area contributed by atoms with Gasteiger partial charge in [-0.25, -0.2) is 4.79 Å². The van der Waals surface area contributed by atoms with Crippen LogP contribution in [0.15, 0.2) is 24.3 Å². The van der Waals surface area contributed by atoms with Gasteiger partial charge in [0.1, 0.15) is 4.88 Å². The number of ether oxygens (including phenoxy) is 1. The van der Waals surface area contributed by atoms with Gasteiger partial charge < -0.3 is 10.1 Å². The molecule has 0 aliphatic heterocycles. The van der Waals surface area contributed by atoms with Crippen LogP contribution in [0, 0.1) is 0 Å². The second-order valence-corrected chi connectivity index (χ2v) is 8.23. The first-order valence-electron chi connectivity index (χ1n) is 8.55. The van der Waals surface area contributed by atoms with Gasteiger partial charge in [-0.05, 0) is 61.9 Å². The fraction of sp³-hybridized carbons (Fsp3) is 0.368. The van der Waals surface area contributed by atoms with Gasteiger partial charge in [0.2, 0.25) is 0 Å². The molecule has 2 aromatic rings. The van der Waals surface area contributed by atoms with Gasteiger partial charge in [0, 0.05) is 20.6 Å². The molecule has 1 aromatic carbocycles. The molecule has 0 saturated carbocycles. The van der Waals surface area contributed by atoms with E-state index in [1.54, 1.807) is 25.1 Å². The SMILES string of the molecule is CCC(OC(=O)c1cc2c(s1)CCCC2)C(=O)Nc1cc(Cl)cc(Cl)c1. The zero-order valence-corrected chi connectivity index (χ0v) is 16.6. The fourth-order valence-electron chi connectivity index (χ4n) is 2.95. The molecule has 3 rings (SSSR count). The van der Waals surface area contributed by atoms with E-state index in [0.29, 0.717) is 27.0 Å². The van der Waals surface area contributed by atoms with Gasteiger partial charge in [-0.15, -0.1) is 11.3 Å². The van der Waals surface area contributed by atoms with Gasteiger partial charge in [0.15, 0.2) is 6.10 Å². The zero-order chi connectivity index (χ0) is 18.7. The van der Waals surface area contributed by atoms with Gasteiger partial charge in [-0.2, -0.15) is 0 Å². The monoisotopic (exact) mass is 411 g/mol. The van der Waals surface area contributed by atoms with Gasteiger partial charge in [0.25, 0.3) is 5.91 Å². The van der Waals surface area contributed by atoms with Crippen LogP contribution < -0.4 is 5.32 Å². The Morgan fingerprint density at radius 3 is 2.50 bits per heavy atom. The summed E-state index contributed by atoms with van der Waals surface area (Å²) >= 11 is 13.4. The van der Waals surface area contributed by atoms with E-state index < -0.39 is 18.0 Å². The van der Waals surface area contributed by atoms with E-state index in [1.807, 2.05) is 6.07 Å². The quantitative estimate of drug-likeness (QED) is 0.659. The first kappa shape index (κ1) is 19.2. The summed E-state index contributed by atoms with van der Waals surface area (Å²) in [5.41, 5.74) is 1.70. The van der Waals surface area contributed by atoms with Crippen molar-refractivity contribution in [1.29, 1.82) is 0 Å². The third-order valence-electron chi connectivity index (χ3n) is 4.24. The molecule has 0 saturated heterocycles. The summed E-state index contributed by atoms with van der Waals surface area (Å²) in [5, 5.41) is 3.54. The molecule has 0 fully saturated rings. The Kier molecular flexibility index (Phi) is 6.22. The van der Waals surface area contributed by atoms with Gasteiger partial charge in [-0.3, -0.25) is 4.79 Å². The molecular weight excluding hydrogens is 393 g/mol. The molecule has 0 spiro atoms. The van der Waals surface area contributed by atoms with Crippen LogP contribution in [0.2, 0.25) is 10.0 Å². The Morgan fingerprint density at radius 1 is 1.15 bits per heavy atom. The second-order valence-electron chi connectivity index (χ2n) is 6.22. The lowest BCUT2D eigenvalue weighted by Crippen LogP contribution is -2.31. The maximum atomic E-state index is 12.5. The number of nitrogens with one attached hydrogen (secondary N) is 1. The maximum Gasteiger partial charge on any atom is 0.349 e. The molecule has 1 amide bonds. The molecule has 0 radical (unpaired) electrons. The molecule has 1 aromatic heterocycles. The van der Waals surface area contributed by atoms with Crippen molar-refractivity contribution in [3.63, 3.8) is 0 Å². The number of halogens is 2. The highest BCUT2D eigenvalue weighted by atomic mass is 35.5. The third-order valence-corrected chi connectivity index (χ3v) is 5.89. The van der Waals surface area contributed by atoms with E-state index in [4.69, 9.17) is 27.9 Å². The minimum atomic E-state index is -0.876. The van der Waals surface area contributed by atoms with Crippen molar-refractivity contribution in [3.8, 4) is 0 Å². The highest BCUT2D eigenvalue weighted by molar-refractivity contribution is 7.14. The molecule has 0 bridgehead atoms. The van der Waals surface area contributed by atoms with E-state index in [0.717, 1.165) is 25.7 Å². The minimum absolute atomic E-state index is 0.372. The summed E-state index contributed by atoms with van der Waals surface area (Å²) in [6.07, 6.45) is 3.83. The first-order chi connectivity index (χ1) is 12.5. The van der Waals surface area contributed by atoms with E-state index in [-0.39, 0.29) is 0 Å². The molecule has 1 heterocycles. The molecule has 7 heteroatoms. The van der Waals surface area contributed by atoms with E-state index in [1.165, 1.54) is 21.8 Å². The number of anilines is 1. The predicted molar refractivity (Wildman–Crippen MR) is 106 cm³/mol. The number of fused-ring (bicyclic) bond motifs is 1. The second kappa shape index (κ2) is 8.42. The Bertz CT molecular complexity index is 790. The topological polar surface area (TPSA) is 55.4 Å². The lowest BCUT2D eigenvalue weighted by atomic mass is 9.99. The summed E-state index contributed by atoms with van der Waals surface area (Å²) in [4.78, 5) is 26.7. The van der Waals surface area contributed by atoms with Crippen LogP contribution in [0.5, 0.6) is 0 Å². The number of carbonyl (C=O) groups is 2. The summed E-state index contributed by atoms with van der Waals surface area (Å²) in [6, 6.07) is 6.66. The van der Waals surface area contributed by atoms with E-state index in [9.17, 15) is 9.59 Å². The summed E-state index contributed by atoms with van der Waals surface area (Å²) in [5.74, 6) is -0.851. The average molecular weight is 412 g/mol. The van der Waals surface area contributed by atoms with Gasteiger partial charge in [0.05, 0.1) is 0 Å². The van der Waals surface area contributed by atoms with Gasteiger partial charge >= 0.3 is 5.97 Å². The lowest BCUT2D eigenvalue weighted by Gasteiger charge is -2.16. The molecule has 1 aliphatic rings. The summed E-state index contributed by atoms with van der Waals surface area (Å²) in [6.45, 7) is 1.79. The standard InChI is InChI=1S/C19H19Cl2NO3S/c1-2-15(18(23)22-14-9-12(20)8-13(21)10-14)25-19(24)17-7-11-5-3-4-6-16(11)26-17/h7-10,15H,2-6H2,1H3,(H,22,23). The molecule has 138 valence electrons. The maximum absolute atomic E-state index is 12.5. The normalized spacial score (nSPS) is 14.4. The van der Waals surface area contributed by atoms with Crippen LogP contribution in [0.3, 0.4) is 0 Å². The number of hydrogen-bond donors (Lipinski definition) is 1. The fourth-order valence-corrected chi connectivity index (χ4v) is 4.61. The van der Waals surface area contributed by atoms with Crippen LogP contribution in [0.25, 0.3) is 0 Å². The Morgan fingerprint density at radius 2 is 1.85 bits per heavy atom. The smallest absolute Gasteiger partial charge is 0.349 e. The molecule has 1 aliphatic carbocycles. The molecule has 1 N–H and O–H groups in total. The highest BCUT2D eigenvalue weighted by Gasteiger charge is 2.25. The number of amides is 1. The zero-order valence-electron chi connectivity index (χ0n) is 14.3. The molecule has 1 atom stereocenters. The molecule has 1 unspecified atom stereocenters. The largest absolute Gasteiger partial charge is 0.448 e. The predicted octanol–water partition coefficient (Wildman–Crippen LogP) is 5.51. The van der Waals surface area contributed by atoms with Crippen LogP contribution in [-0.2, 0) is 22.4 Å². The van der Waals surface area contributed by atoms with Crippen LogP contribution >= 0.6 is 34.5 Å². The Balaban J connectivity index is 1.67. The number of aryl methyl sites for hydroxylation is 2. The molecular formula is C19H19Cl2NO3S. The van der Waals surface area contributed by atoms with Crippen molar-refractivity contribution in [2.75, 3.05) is 5.32 Å². The van der Waals surface area contributed by atoms with Crippen LogP contribution in [0.4, 0.5) is 5.69 Å². The summed E-state index contributed by atoms with van der Waals surface area (Å²) in [7, 11) is 0. The lowest BCUT2D eigenvalue weighted by molar-refractivity contribution is -0.124. The number of rotatable bonds is 5. The van der Waals surface area contributed by atoms with E-state index >= 15 is 0 Å².